The van der Waals surface area contributed by atoms with Crippen molar-refractivity contribution in [2.24, 2.45) is 11.8 Å². The number of nitrogens with zero attached hydrogens (tertiary/aromatic N) is 4. The van der Waals surface area contributed by atoms with E-state index in [0.717, 1.165) is 30.4 Å². The van der Waals surface area contributed by atoms with E-state index >= 15 is 0 Å². The van der Waals surface area contributed by atoms with Crippen LogP contribution in [0.3, 0.4) is 0 Å². The van der Waals surface area contributed by atoms with Crippen LogP contribution in [-0.4, -0.2) is 35.4 Å². The molecule has 1 saturated carbocycles. The molecule has 0 radical (unpaired) electrons. The van der Waals surface area contributed by atoms with Crippen molar-refractivity contribution in [3.63, 3.8) is 0 Å². The highest BCUT2D eigenvalue weighted by Crippen LogP contribution is 2.48. The number of ether oxygens (including phenoxy) is 1. The molecule has 2 aliphatic rings. The number of nitriles is 1. The van der Waals surface area contributed by atoms with Crippen LogP contribution in [0.15, 0.2) is 18.2 Å². The van der Waals surface area contributed by atoms with E-state index in [1.54, 1.807) is 13.2 Å². The summed E-state index contributed by atoms with van der Waals surface area (Å²) in [5.74, 6) is 2.52. The van der Waals surface area contributed by atoms with E-state index < -0.39 is 0 Å². The third kappa shape index (κ3) is 3.10. The number of halogens is 1. The average Bonchev–Trinajstić information content (AvgIpc) is 3.19. The van der Waals surface area contributed by atoms with Gasteiger partial charge in [0.2, 0.25) is 0 Å². The Kier molecular flexibility index (Phi) is 4.14. The van der Waals surface area contributed by atoms with Crippen molar-refractivity contribution < 1.29 is 9.13 Å². The first-order chi connectivity index (χ1) is 12.2. The van der Waals surface area contributed by atoms with Crippen LogP contribution in [0, 0.1) is 29.0 Å². The fourth-order valence-electron chi connectivity index (χ4n) is 3.85. The number of benzene rings is 1. The first kappa shape index (κ1) is 16.0. The van der Waals surface area contributed by atoms with Crippen molar-refractivity contribution in [2.75, 3.05) is 25.1 Å². The van der Waals surface area contributed by atoms with Crippen molar-refractivity contribution in [2.45, 2.75) is 25.4 Å². The van der Waals surface area contributed by atoms with Gasteiger partial charge in [0.05, 0.1) is 11.3 Å². The zero-order valence-electron chi connectivity index (χ0n) is 14.1. The molecule has 0 spiro atoms. The normalized spacial score (nSPS) is 23.0. The van der Waals surface area contributed by atoms with Crippen molar-refractivity contribution in [3.05, 3.63) is 41.2 Å². The van der Waals surface area contributed by atoms with Gasteiger partial charge in [-0.05, 0) is 42.9 Å². The molecule has 2 heterocycles. The van der Waals surface area contributed by atoms with Gasteiger partial charge in [0.1, 0.15) is 18.5 Å². The Balaban J connectivity index is 1.61. The molecule has 7 heteroatoms. The molecule has 6 nitrogen and oxygen atoms in total. The minimum absolute atomic E-state index is 0.214. The molecule has 1 aliphatic carbocycles. The quantitative estimate of drug-likeness (QED) is 0.904. The number of aromatic nitrogens is 3. The van der Waals surface area contributed by atoms with Gasteiger partial charge in [-0.3, -0.25) is 5.10 Å². The van der Waals surface area contributed by atoms with E-state index in [0.29, 0.717) is 24.0 Å². The molecule has 2 aromatic rings. The number of methoxy groups -OCH3 is 1. The zero-order chi connectivity index (χ0) is 17.4. The number of hydrogen-bond acceptors (Lipinski definition) is 5. The minimum atomic E-state index is -0.382. The van der Waals surface area contributed by atoms with E-state index in [1.807, 2.05) is 0 Å². The largest absolute Gasteiger partial charge is 0.377 e. The molecule has 2 fully saturated rings. The van der Waals surface area contributed by atoms with Gasteiger partial charge in [-0.1, -0.05) is 0 Å². The first-order valence-electron chi connectivity index (χ1n) is 8.54. The first-order valence-corrected chi connectivity index (χ1v) is 8.54. The predicted molar refractivity (Wildman–Crippen MR) is 89.4 cm³/mol. The van der Waals surface area contributed by atoms with Crippen LogP contribution in [0.25, 0.3) is 0 Å². The van der Waals surface area contributed by atoms with Crippen LogP contribution in [0.5, 0.6) is 0 Å². The molecule has 0 bridgehead atoms. The van der Waals surface area contributed by atoms with Crippen LogP contribution in [0.1, 0.15) is 36.0 Å². The summed E-state index contributed by atoms with van der Waals surface area (Å²) in [5, 5.41) is 16.7. The van der Waals surface area contributed by atoms with Gasteiger partial charge >= 0.3 is 0 Å². The maximum atomic E-state index is 13.4. The van der Waals surface area contributed by atoms with Gasteiger partial charge in [-0.2, -0.15) is 10.4 Å². The standard InChI is InChI=1S/C18H20FN5O/c1-25-10-17-21-18(23-22-17)15-9-24(8-14(15)11-2-3-11)16-5-4-13(19)6-12(16)7-20/h4-6,11,14-15H,2-3,8-10H2,1H3,(H,21,22,23)/t14-,15+/m1/s1. The third-order valence-corrected chi connectivity index (χ3v) is 5.17. The SMILES string of the molecule is COCc1nc([C@H]2CN(c3ccc(F)cc3C#N)C[C@@H]2C2CC2)n[nH]1. The number of nitrogens with one attached hydrogen (secondary N) is 1. The number of anilines is 1. The molecule has 130 valence electrons. The van der Waals surface area contributed by atoms with E-state index in [4.69, 9.17) is 4.74 Å². The Bertz CT molecular complexity index is 810. The highest BCUT2D eigenvalue weighted by Gasteiger charge is 2.45. The van der Waals surface area contributed by atoms with Crippen molar-refractivity contribution in [1.29, 1.82) is 5.26 Å². The molecule has 25 heavy (non-hydrogen) atoms. The molecule has 1 N–H and O–H groups in total. The Hall–Kier alpha value is -2.46. The fraction of sp³-hybridized carbons (Fsp3) is 0.500. The summed E-state index contributed by atoms with van der Waals surface area (Å²) in [6, 6.07) is 6.54. The Labute approximate surface area is 145 Å². The molecule has 2 atom stereocenters. The lowest BCUT2D eigenvalue weighted by Gasteiger charge is -2.19. The smallest absolute Gasteiger partial charge is 0.156 e. The molecule has 1 aromatic heterocycles. The third-order valence-electron chi connectivity index (χ3n) is 5.17. The van der Waals surface area contributed by atoms with Gasteiger partial charge < -0.3 is 9.64 Å². The summed E-state index contributed by atoms with van der Waals surface area (Å²) in [6.07, 6.45) is 2.47. The molecule has 1 saturated heterocycles. The molecule has 0 unspecified atom stereocenters. The van der Waals surface area contributed by atoms with E-state index in [9.17, 15) is 9.65 Å². The van der Waals surface area contributed by atoms with Crippen LogP contribution in [0.2, 0.25) is 0 Å². The highest BCUT2D eigenvalue weighted by atomic mass is 19.1. The predicted octanol–water partition coefficient (Wildman–Crippen LogP) is 2.59. The van der Waals surface area contributed by atoms with Crippen molar-refractivity contribution in [1.82, 2.24) is 15.2 Å². The summed E-state index contributed by atoms with van der Waals surface area (Å²) < 4.78 is 18.6. The highest BCUT2D eigenvalue weighted by molar-refractivity contribution is 5.60. The maximum absolute atomic E-state index is 13.4. The monoisotopic (exact) mass is 341 g/mol. The minimum Gasteiger partial charge on any atom is -0.377 e. The second kappa shape index (κ2) is 6.45. The number of H-pyrrole nitrogens is 1. The molecule has 1 aliphatic heterocycles. The molecular weight excluding hydrogens is 321 g/mol. The molecular formula is C18H20FN5O. The lowest BCUT2D eigenvalue weighted by molar-refractivity contribution is 0.178. The zero-order valence-corrected chi connectivity index (χ0v) is 14.1. The van der Waals surface area contributed by atoms with Crippen LogP contribution < -0.4 is 4.90 Å². The molecule has 0 amide bonds. The van der Waals surface area contributed by atoms with Gasteiger partial charge in [0.25, 0.3) is 0 Å². The summed E-state index contributed by atoms with van der Waals surface area (Å²) in [5.41, 5.74) is 1.18. The van der Waals surface area contributed by atoms with Gasteiger partial charge in [-0.25, -0.2) is 9.37 Å². The van der Waals surface area contributed by atoms with E-state index in [-0.39, 0.29) is 11.7 Å². The summed E-state index contributed by atoms with van der Waals surface area (Å²) in [4.78, 5) is 6.76. The Morgan fingerprint density at radius 2 is 2.24 bits per heavy atom. The van der Waals surface area contributed by atoms with E-state index in [1.165, 1.54) is 25.0 Å². The maximum Gasteiger partial charge on any atom is 0.156 e. The lowest BCUT2D eigenvalue weighted by atomic mass is 9.91. The van der Waals surface area contributed by atoms with Crippen molar-refractivity contribution in [3.8, 4) is 6.07 Å². The number of hydrogen-bond donors (Lipinski definition) is 1. The van der Waals surface area contributed by atoms with E-state index in [2.05, 4.69) is 26.2 Å². The van der Waals surface area contributed by atoms with Crippen molar-refractivity contribution >= 4 is 5.69 Å². The van der Waals surface area contributed by atoms with Gasteiger partial charge in [-0.15, -0.1) is 0 Å². The average molecular weight is 341 g/mol. The Morgan fingerprint density at radius 3 is 2.96 bits per heavy atom. The van der Waals surface area contributed by atoms with Crippen LogP contribution in [0.4, 0.5) is 10.1 Å². The van der Waals surface area contributed by atoms with Gasteiger partial charge in [0, 0.05) is 26.1 Å². The van der Waals surface area contributed by atoms with Gasteiger partial charge in [0.15, 0.2) is 11.6 Å². The second-order valence-corrected chi connectivity index (χ2v) is 6.86. The Morgan fingerprint density at radius 1 is 1.40 bits per heavy atom. The molecule has 4 rings (SSSR count). The second-order valence-electron chi connectivity index (χ2n) is 6.86. The summed E-state index contributed by atoms with van der Waals surface area (Å²) in [7, 11) is 1.63. The van der Waals surface area contributed by atoms with Crippen LogP contribution >= 0.6 is 0 Å². The lowest BCUT2D eigenvalue weighted by Crippen LogP contribution is -2.21. The summed E-state index contributed by atoms with van der Waals surface area (Å²) >= 11 is 0. The topological polar surface area (TPSA) is 77.8 Å². The summed E-state index contributed by atoms with van der Waals surface area (Å²) in [6.45, 7) is 2.00. The number of rotatable bonds is 5. The molecule has 1 aromatic carbocycles. The van der Waals surface area contributed by atoms with Crippen LogP contribution in [-0.2, 0) is 11.3 Å². The fourth-order valence-corrected chi connectivity index (χ4v) is 3.85. The number of aromatic amines is 1.